The van der Waals surface area contributed by atoms with Crippen LogP contribution in [0.3, 0.4) is 0 Å². The first-order valence-corrected chi connectivity index (χ1v) is 5.08. The molecule has 1 rings (SSSR count). The summed E-state index contributed by atoms with van der Waals surface area (Å²) in [4.78, 5) is 0. The Hall–Kier alpha value is -0.960. The fourth-order valence-electron chi connectivity index (χ4n) is 1.97. The molecule has 0 radical (unpaired) electrons. The normalized spacial score (nSPS) is 15.7. The topological polar surface area (TPSA) is 12.0 Å². The van der Waals surface area contributed by atoms with Crippen LogP contribution in [0, 0.1) is 5.92 Å². The highest BCUT2D eigenvalue weighted by Gasteiger charge is 2.43. The summed E-state index contributed by atoms with van der Waals surface area (Å²) in [7, 11) is 1.58. The minimum atomic E-state index is -2.43. The summed E-state index contributed by atoms with van der Waals surface area (Å²) >= 11 is 0. The van der Waals surface area contributed by atoms with Crippen LogP contribution in [0.4, 0.5) is 8.78 Å². The molecular formula is C12H17F2N. The molecule has 0 aliphatic rings. The van der Waals surface area contributed by atoms with E-state index in [-0.39, 0.29) is 5.92 Å². The van der Waals surface area contributed by atoms with Crippen molar-refractivity contribution in [3.05, 3.63) is 35.9 Å². The van der Waals surface area contributed by atoms with Gasteiger partial charge >= 0.3 is 0 Å². The van der Waals surface area contributed by atoms with Crippen LogP contribution in [0.25, 0.3) is 0 Å². The van der Waals surface area contributed by atoms with E-state index < -0.39 is 12.0 Å². The van der Waals surface area contributed by atoms with Gasteiger partial charge in [-0.1, -0.05) is 44.2 Å². The maximum atomic E-state index is 13.2. The first kappa shape index (κ1) is 12.1. The average molecular weight is 213 g/mol. The highest BCUT2D eigenvalue weighted by atomic mass is 19.3. The molecule has 0 bridgehead atoms. The van der Waals surface area contributed by atoms with Gasteiger partial charge in [-0.25, -0.2) is 8.78 Å². The van der Waals surface area contributed by atoms with Crippen LogP contribution in [0.5, 0.6) is 0 Å². The van der Waals surface area contributed by atoms with E-state index in [4.69, 9.17) is 0 Å². The number of nitrogens with one attached hydrogen (secondary N) is 1. The fourth-order valence-corrected chi connectivity index (χ4v) is 1.97. The van der Waals surface area contributed by atoms with Crippen molar-refractivity contribution in [1.29, 1.82) is 0 Å². The van der Waals surface area contributed by atoms with Crippen molar-refractivity contribution < 1.29 is 8.78 Å². The van der Waals surface area contributed by atoms with Crippen LogP contribution < -0.4 is 5.32 Å². The first-order valence-electron chi connectivity index (χ1n) is 5.08. The summed E-state index contributed by atoms with van der Waals surface area (Å²) < 4.78 is 26.5. The molecule has 3 heteroatoms. The molecule has 84 valence electrons. The van der Waals surface area contributed by atoms with Gasteiger partial charge in [0.2, 0.25) is 0 Å². The predicted octanol–water partition coefficient (Wildman–Crippen LogP) is 3.02. The van der Waals surface area contributed by atoms with E-state index in [9.17, 15) is 8.78 Å². The largest absolute Gasteiger partial charge is 0.306 e. The van der Waals surface area contributed by atoms with Gasteiger partial charge in [0.05, 0.1) is 0 Å². The third-order valence-corrected chi connectivity index (χ3v) is 2.92. The van der Waals surface area contributed by atoms with Crippen molar-refractivity contribution in [2.45, 2.75) is 25.8 Å². The minimum absolute atomic E-state index is 0.176. The number of halogens is 2. The van der Waals surface area contributed by atoms with Crippen LogP contribution in [-0.2, 0) is 5.54 Å². The molecule has 0 saturated heterocycles. The van der Waals surface area contributed by atoms with Gasteiger partial charge in [-0.3, -0.25) is 0 Å². The fraction of sp³-hybridized carbons (Fsp3) is 0.500. The van der Waals surface area contributed by atoms with Gasteiger partial charge < -0.3 is 5.32 Å². The Bertz CT molecular complexity index is 288. The van der Waals surface area contributed by atoms with Crippen LogP contribution >= 0.6 is 0 Å². The number of hydrogen-bond donors (Lipinski definition) is 1. The van der Waals surface area contributed by atoms with Gasteiger partial charge in [0.15, 0.2) is 0 Å². The van der Waals surface area contributed by atoms with E-state index in [1.807, 2.05) is 6.07 Å². The predicted molar refractivity (Wildman–Crippen MR) is 58.0 cm³/mol. The third kappa shape index (κ3) is 2.02. The summed E-state index contributed by atoms with van der Waals surface area (Å²) in [5.74, 6) is -0.176. The molecule has 1 aromatic rings. The molecule has 0 amide bonds. The van der Waals surface area contributed by atoms with Gasteiger partial charge in [0.1, 0.15) is 5.54 Å². The van der Waals surface area contributed by atoms with E-state index in [0.29, 0.717) is 5.56 Å². The lowest BCUT2D eigenvalue weighted by molar-refractivity contribution is 0.00272. The van der Waals surface area contributed by atoms with Gasteiger partial charge in [-0.05, 0) is 18.5 Å². The molecule has 0 aromatic heterocycles. The third-order valence-electron chi connectivity index (χ3n) is 2.92. The van der Waals surface area contributed by atoms with E-state index in [0.717, 1.165) is 0 Å². The zero-order valence-electron chi connectivity index (χ0n) is 9.30. The molecule has 1 unspecified atom stereocenters. The van der Waals surface area contributed by atoms with Crippen LogP contribution in [-0.4, -0.2) is 13.5 Å². The van der Waals surface area contributed by atoms with E-state index in [1.165, 1.54) is 0 Å². The Morgan fingerprint density at radius 1 is 1.13 bits per heavy atom. The van der Waals surface area contributed by atoms with Crippen molar-refractivity contribution in [2.75, 3.05) is 7.05 Å². The van der Waals surface area contributed by atoms with Gasteiger partial charge in [0.25, 0.3) is 6.43 Å². The lowest BCUT2D eigenvalue weighted by Gasteiger charge is -2.37. The lowest BCUT2D eigenvalue weighted by atomic mass is 9.80. The molecule has 0 fully saturated rings. The molecule has 0 aliphatic carbocycles. The Morgan fingerprint density at radius 2 is 1.67 bits per heavy atom. The average Bonchev–Trinajstić information content (AvgIpc) is 2.20. The molecule has 1 atom stereocenters. The molecule has 1 nitrogen and oxygen atoms in total. The molecular weight excluding hydrogens is 196 g/mol. The summed E-state index contributed by atoms with van der Waals surface area (Å²) in [5.41, 5.74) is -0.612. The van der Waals surface area contributed by atoms with E-state index in [2.05, 4.69) is 5.32 Å². The maximum absolute atomic E-state index is 13.2. The Labute approximate surface area is 89.5 Å². The molecule has 1 aromatic carbocycles. The first-order chi connectivity index (χ1) is 7.05. The molecule has 0 aliphatic heterocycles. The van der Waals surface area contributed by atoms with E-state index in [1.54, 1.807) is 45.2 Å². The molecule has 0 spiro atoms. The molecule has 1 N–H and O–H groups in total. The monoisotopic (exact) mass is 213 g/mol. The Morgan fingerprint density at radius 3 is 2.00 bits per heavy atom. The highest BCUT2D eigenvalue weighted by Crippen LogP contribution is 2.35. The van der Waals surface area contributed by atoms with Crippen molar-refractivity contribution in [3.8, 4) is 0 Å². The summed E-state index contributed by atoms with van der Waals surface area (Å²) in [6.07, 6.45) is -2.43. The van der Waals surface area contributed by atoms with Crippen LogP contribution in [0.1, 0.15) is 19.4 Å². The quantitative estimate of drug-likeness (QED) is 0.810. The second kappa shape index (κ2) is 4.71. The molecule has 15 heavy (non-hydrogen) atoms. The smallest absolute Gasteiger partial charge is 0.260 e. The van der Waals surface area contributed by atoms with Crippen molar-refractivity contribution in [3.63, 3.8) is 0 Å². The number of alkyl halides is 2. The summed E-state index contributed by atoms with van der Waals surface area (Å²) in [6.45, 7) is 3.60. The lowest BCUT2D eigenvalue weighted by Crippen LogP contribution is -2.50. The maximum Gasteiger partial charge on any atom is 0.260 e. The van der Waals surface area contributed by atoms with Crippen molar-refractivity contribution >= 4 is 0 Å². The number of hydrogen-bond acceptors (Lipinski definition) is 1. The van der Waals surface area contributed by atoms with Crippen molar-refractivity contribution in [2.24, 2.45) is 5.92 Å². The summed E-state index contributed by atoms with van der Waals surface area (Å²) in [6, 6.07) is 8.87. The van der Waals surface area contributed by atoms with Crippen LogP contribution in [0.15, 0.2) is 30.3 Å². The molecule has 0 heterocycles. The van der Waals surface area contributed by atoms with Gasteiger partial charge in [-0.2, -0.15) is 0 Å². The van der Waals surface area contributed by atoms with Crippen molar-refractivity contribution in [1.82, 2.24) is 5.32 Å². The minimum Gasteiger partial charge on any atom is -0.306 e. The Balaban J connectivity index is 3.22. The van der Waals surface area contributed by atoms with E-state index >= 15 is 0 Å². The summed E-state index contributed by atoms with van der Waals surface area (Å²) in [5, 5.41) is 2.78. The number of rotatable bonds is 4. The number of benzene rings is 1. The van der Waals surface area contributed by atoms with Crippen LogP contribution in [0.2, 0.25) is 0 Å². The highest BCUT2D eigenvalue weighted by molar-refractivity contribution is 5.26. The zero-order chi connectivity index (χ0) is 11.5. The zero-order valence-corrected chi connectivity index (χ0v) is 9.30. The second-order valence-corrected chi connectivity index (χ2v) is 3.94. The van der Waals surface area contributed by atoms with Gasteiger partial charge in [-0.15, -0.1) is 0 Å². The SMILES string of the molecule is CNC(c1ccccc1)(C(C)C)C(F)F. The van der Waals surface area contributed by atoms with Gasteiger partial charge in [0, 0.05) is 0 Å². The Kier molecular flexibility index (Phi) is 3.80. The second-order valence-electron chi connectivity index (χ2n) is 3.94. The molecule has 0 saturated carbocycles. The standard InChI is InChI=1S/C12H17F2N/c1-9(2)12(15-3,11(13)14)10-7-5-4-6-8-10/h4-9,11,15H,1-3H3.